The summed E-state index contributed by atoms with van der Waals surface area (Å²) < 4.78 is 5.13. The van der Waals surface area contributed by atoms with Crippen LogP contribution in [0.3, 0.4) is 0 Å². The zero-order valence-electron chi connectivity index (χ0n) is 11.0. The monoisotopic (exact) mass is 263 g/mol. The van der Waals surface area contributed by atoms with Crippen LogP contribution < -0.4 is 5.32 Å². The maximum Gasteiger partial charge on any atom is 0.407 e. The summed E-state index contributed by atoms with van der Waals surface area (Å²) in [7, 11) is 0. The second-order valence-corrected chi connectivity index (χ2v) is 5.12. The van der Waals surface area contributed by atoms with E-state index in [1.165, 1.54) is 19.3 Å². The van der Waals surface area contributed by atoms with Crippen LogP contribution in [0, 0.1) is 5.92 Å². The summed E-state index contributed by atoms with van der Waals surface area (Å²) in [5.41, 5.74) is 0.956. The third-order valence-electron chi connectivity index (χ3n) is 3.60. The Morgan fingerprint density at radius 2 is 2.11 bits per heavy atom. The van der Waals surface area contributed by atoms with Gasteiger partial charge in [-0.3, -0.25) is 0 Å². The highest BCUT2D eigenvalue weighted by Gasteiger charge is 2.23. The first-order chi connectivity index (χ1) is 9.28. The molecular weight excluding hydrogens is 242 g/mol. The van der Waals surface area contributed by atoms with Gasteiger partial charge < -0.3 is 15.2 Å². The maximum absolute atomic E-state index is 11.6. The van der Waals surface area contributed by atoms with Crippen molar-refractivity contribution in [3.63, 3.8) is 0 Å². The lowest BCUT2D eigenvalue weighted by atomic mass is 9.81. The van der Waals surface area contributed by atoms with E-state index in [1.54, 1.807) is 0 Å². The van der Waals surface area contributed by atoms with Crippen LogP contribution in [0.15, 0.2) is 30.3 Å². The fourth-order valence-electron chi connectivity index (χ4n) is 2.24. The van der Waals surface area contributed by atoms with Crippen LogP contribution in [0.2, 0.25) is 0 Å². The van der Waals surface area contributed by atoms with E-state index in [2.05, 4.69) is 5.32 Å². The topological polar surface area (TPSA) is 58.6 Å². The highest BCUT2D eigenvalue weighted by molar-refractivity contribution is 5.67. The number of alkyl carbamates (subject to hydrolysis) is 1. The molecule has 0 aromatic heterocycles. The first-order valence-corrected chi connectivity index (χ1v) is 6.86. The molecular formula is C15H21NO3. The fraction of sp³-hybridized carbons (Fsp3) is 0.533. The van der Waals surface area contributed by atoms with Gasteiger partial charge in [-0.2, -0.15) is 0 Å². The number of hydrogen-bond acceptors (Lipinski definition) is 3. The van der Waals surface area contributed by atoms with Crippen LogP contribution in [-0.4, -0.2) is 23.8 Å². The highest BCUT2D eigenvalue weighted by Crippen LogP contribution is 2.30. The summed E-state index contributed by atoms with van der Waals surface area (Å²) in [5, 5.41) is 12.0. The second-order valence-electron chi connectivity index (χ2n) is 5.12. The van der Waals surface area contributed by atoms with Gasteiger partial charge in [0.15, 0.2) is 0 Å². The van der Waals surface area contributed by atoms with Gasteiger partial charge in [0.25, 0.3) is 0 Å². The van der Waals surface area contributed by atoms with Gasteiger partial charge in [0.1, 0.15) is 6.61 Å². The van der Waals surface area contributed by atoms with E-state index >= 15 is 0 Å². The smallest absolute Gasteiger partial charge is 0.407 e. The van der Waals surface area contributed by atoms with Gasteiger partial charge in [-0.1, -0.05) is 49.6 Å². The highest BCUT2D eigenvalue weighted by atomic mass is 16.5. The molecule has 104 valence electrons. The van der Waals surface area contributed by atoms with Crippen molar-refractivity contribution in [3.8, 4) is 0 Å². The molecule has 0 saturated heterocycles. The number of rotatable bonds is 6. The lowest BCUT2D eigenvalue weighted by molar-refractivity contribution is 0.122. The minimum absolute atomic E-state index is 0.0308. The van der Waals surface area contributed by atoms with Crippen LogP contribution in [0.25, 0.3) is 0 Å². The Balaban J connectivity index is 1.70. The molecule has 1 unspecified atom stereocenters. The predicted octanol–water partition coefficient (Wildman–Crippen LogP) is 2.46. The van der Waals surface area contributed by atoms with Gasteiger partial charge in [0.05, 0.1) is 12.6 Å². The molecule has 4 nitrogen and oxygen atoms in total. The molecule has 1 saturated carbocycles. The first-order valence-electron chi connectivity index (χ1n) is 6.86. The molecule has 1 fully saturated rings. The molecule has 0 bridgehead atoms. The largest absolute Gasteiger partial charge is 0.445 e. The molecule has 2 rings (SSSR count). The lowest BCUT2D eigenvalue weighted by Gasteiger charge is -2.29. The number of aliphatic hydroxyl groups excluding tert-OH is 1. The third kappa shape index (κ3) is 4.56. The van der Waals surface area contributed by atoms with Crippen LogP contribution in [-0.2, 0) is 11.3 Å². The zero-order chi connectivity index (χ0) is 13.5. The van der Waals surface area contributed by atoms with Gasteiger partial charge >= 0.3 is 6.09 Å². The number of carbonyl (C=O) groups is 1. The van der Waals surface area contributed by atoms with Crippen molar-refractivity contribution in [1.82, 2.24) is 5.32 Å². The predicted molar refractivity (Wildman–Crippen MR) is 72.6 cm³/mol. The van der Waals surface area contributed by atoms with Crippen LogP contribution in [0.4, 0.5) is 4.79 Å². The molecule has 0 heterocycles. The van der Waals surface area contributed by atoms with Gasteiger partial charge in [-0.25, -0.2) is 4.79 Å². The number of carbonyl (C=O) groups excluding carboxylic acids is 1. The van der Waals surface area contributed by atoms with Crippen molar-refractivity contribution in [2.24, 2.45) is 5.92 Å². The molecule has 0 aliphatic heterocycles. The van der Waals surface area contributed by atoms with Crippen molar-refractivity contribution in [1.29, 1.82) is 0 Å². The number of aliphatic hydroxyl groups is 1. The van der Waals surface area contributed by atoms with E-state index in [0.717, 1.165) is 12.0 Å². The van der Waals surface area contributed by atoms with Crippen molar-refractivity contribution < 1.29 is 14.6 Å². The Bertz CT molecular complexity index is 390. The number of benzene rings is 1. The van der Waals surface area contributed by atoms with E-state index in [0.29, 0.717) is 5.92 Å². The standard InChI is InChI=1S/C15H21NO3/c17-10-14(9-12-7-4-8-12)16-15(18)19-11-13-5-2-1-3-6-13/h1-3,5-6,12,14,17H,4,7-11H2,(H,16,18). The van der Waals surface area contributed by atoms with E-state index in [-0.39, 0.29) is 19.3 Å². The number of hydrogen-bond donors (Lipinski definition) is 2. The quantitative estimate of drug-likeness (QED) is 0.829. The normalized spacial score (nSPS) is 16.5. The molecule has 1 amide bonds. The van der Waals surface area contributed by atoms with Gasteiger partial charge in [-0.05, 0) is 17.9 Å². The zero-order valence-corrected chi connectivity index (χ0v) is 11.0. The Hall–Kier alpha value is -1.55. The first kappa shape index (κ1) is 13.9. The minimum atomic E-state index is -0.456. The molecule has 4 heteroatoms. The van der Waals surface area contributed by atoms with E-state index in [4.69, 9.17) is 4.74 Å². The van der Waals surface area contributed by atoms with Gasteiger partial charge in [0.2, 0.25) is 0 Å². The molecule has 1 aliphatic rings. The van der Waals surface area contributed by atoms with Crippen LogP contribution >= 0.6 is 0 Å². The minimum Gasteiger partial charge on any atom is -0.445 e. The van der Waals surface area contributed by atoms with Crippen LogP contribution in [0.1, 0.15) is 31.2 Å². The third-order valence-corrected chi connectivity index (χ3v) is 3.60. The van der Waals surface area contributed by atoms with E-state index in [1.807, 2.05) is 30.3 Å². The summed E-state index contributed by atoms with van der Waals surface area (Å²) in [6.07, 6.45) is 4.06. The SMILES string of the molecule is O=C(NC(CO)CC1CCC1)OCc1ccccc1. The fourth-order valence-corrected chi connectivity index (χ4v) is 2.24. The summed E-state index contributed by atoms with van der Waals surface area (Å²) in [5.74, 6) is 0.645. The number of nitrogens with one attached hydrogen (secondary N) is 1. The molecule has 0 radical (unpaired) electrons. The molecule has 1 aliphatic carbocycles. The summed E-state index contributed by atoms with van der Waals surface area (Å²) >= 11 is 0. The average molecular weight is 263 g/mol. The van der Waals surface area contributed by atoms with Crippen molar-refractivity contribution in [2.75, 3.05) is 6.61 Å². The summed E-state index contributed by atoms with van der Waals surface area (Å²) in [6.45, 7) is 0.227. The van der Waals surface area contributed by atoms with E-state index < -0.39 is 6.09 Å². The second kappa shape index (κ2) is 7.14. The Morgan fingerprint density at radius 3 is 2.68 bits per heavy atom. The van der Waals surface area contributed by atoms with E-state index in [9.17, 15) is 9.90 Å². The van der Waals surface area contributed by atoms with Crippen molar-refractivity contribution in [2.45, 2.75) is 38.3 Å². The molecule has 2 N–H and O–H groups in total. The van der Waals surface area contributed by atoms with Crippen molar-refractivity contribution in [3.05, 3.63) is 35.9 Å². The summed E-state index contributed by atoms with van der Waals surface area (Å²) in [6, 6.07) is 9.36. The average Bonchev–Trinajstić information content (AvgIpc) is 2.40. The van der Waals surface area contributed by atoms with Crippen LogP contribution in [0.5, 0.6) is 0 Å². The number of ether oxygens (including phenoxy) is 1. The number of amides is 1. The molecule has 19 heavy (non-hydrogen) atoms. The lowest BCUT2D eigenvalue weighted by Crippen LogP contribution is -2.40. The Labute approximate surface area is 113 Å². The molecule has 1 aromatic carbocycles. The van der Waals surface area contributed by atoms with Crippen molar-refractivity contribution >= 4 is 6.09 Å². The van der Waals surface area contributed by atoms with Gasteiger partial charge in [0, 0.05) is 0 Å². The molecule has 1 aromatic rings. The maximum atomic E-state index is 11.6. The Morgan fingerprint density at radius 1 is 1.37 bits per heavy atom. The summed E-state index contributed by atoms with van der Waals surface area (Å²) in [4.78, 5) is 11.6. The van der Waals surface area contributed by atoms with Gasteiger partial charge in [-0.15, -0.1) is 0 Å². The Kier molecular flexibility index (Phi) is 5.21. The molecule has 0 spiro atoms. The molecule has 1 atom stereocenters.